The van der Waals surface area contributed by atoms with Gasteiger partial charge in [-0.05, 0) is 31.4 Å². The predicted octanol–water partition coefficient (Wildman–Crippen LogP) is 3.23. The van der Waals surface area contributed by atoms with Gasteiger partial charge in [0.25, 0.3) is 0 Å². The molecule has 4 aromatic heterocycles. The first-order valence-electron chi connectivity index (χ1n) is 8.80. The summed E-state index contributed by atoms with van der Waals surface area (Å²) in [6.45, 7) is 4.06. The number of ketones is 1. The minimum absolute atomic E-state index is 0.00895. The Morgan fingerprint density at radius 3 is 2.59 bits per heavy atom. The van der Waals surface area contributed by atoms with E-state index in [9.17, 15) is 4.79 Å². The predicted molar refractivity (Wildman–Crippen MR) is 102 cm³/mol. The quantitative estimate of drug-likeness (QED) is 0.511. The highest BCUT2D eigenvalue weighted by molar-refractivity contribution is 5.97. The Hall–Kier alpha value is -3.35. The van der Waals surface area contributed by atoms with Gasteiger partial charge in [-0.1, -0.05) is 0 Å². The molecule has 0 saturated carbocycles. The van der Waals surface area contributed by atoms with Crippen LogP contribution in [0.1, 0.15) is 35.9 Å². The van der Waals surface area contributed by atoms with Crippen LogP contribution in [0.25, 0.3) is 22.2 Å². The van der Waals surface area contributed by atoms with Gasteiger partial charge in [-0.15, -0.1) is 0 Å². The summed E-state index contributed by atoms with van der Waals surface area (Å²) in [4.78, 5) is 25.6. The molecule has 0 atom stereocenters. The van der Waals surface area contributed by atoms with Crippen LogP contribution in [-0.4, -0.2) is 35.1 Å². The summed E-state index contributed by atoms with van der Waals surface area (Å²) in [7, 11) is 1.93. The number of aryl methyl sites for hydroxylation is 1. The summed E-state index contributed by atoms with van der Waals surface area (Å²) in [5, 5.41) is 6.17. The molecule has 4 heterocycles. The molecule has 136 valence electrons. The molecule has 0 spiro atoms. The maximum Gasteiger partial charge on any atom is 0.171 e. The van der Waals surface area contributed by atoms with Crippen molar-refractivity contribution in [3.63, 3.8) is 0 Å². The number of Topliss-reactive ketones (excluding diaryl/α,β-unsaturated/α-hetero) is 1. The van der Waals surface area contributed by atoms with E-state index >= 15 is 0 Å². The number of imidazole rings is 1. The molecule has 0 aliphatic heterocycles. The van der Waals surface area contributed by atoms with Crippen LogP contribution >= 0.6 is 0 Å². The second-order valence-corrected chi connectivity index (χ2v) is 6.88. The summed E-state index contributed by atoms with van der Waals surface area (Å²) in [6.07, 6.45) is 10.7. The summed E-state index contributed by atoms with van der Waals surface area (Å²) < 4.78 is 3.71. The number of aromatic nitrogens is 6. The van der Waals surface area contributed by atoms with Crippen molar-refractivity contribution >= 4 is 16.6 Å². The molecule has 0 radical (unpaired) electrons. The van der Waals surface area contributed by atoms with Gasteiger partial charge in [0.1, 0.15) is 0 Å². The lowest BCUT2D eigenvalue weighted by Crippen LogP contribution is -2.05. The summed E-state index contributed by atoms with van der Waals surface area (Å²) in [5.41, 5.74) is 3.11. The fourth-order valence-electron chi connectivity index (χ4n) is 2.96. The molecule has 0 fully saturated rings. The molecule has 4 aromatic rings. The van der Waals surface area contributed by atoms with Gasteiger partial charge >= 0.3 is 0 Å². The first-order chi connectivity index (χ1) is 13.0. The lowest BCUT2D eigenvalue weighted by Gasteiger charge is -2.05. The van der Waals surface area contributed by atoms with Crippen LogP contribution in [0.4, 0.5) is 0 Å². The van der Waals surface area contributed by atoms with Crippen LogP contribution in [0.5, 0.6) is 0 Å². The fourth-order valence-corrected chi connectivity index (χ4v) is 2.96. The van der Waals surface area contributed by atoms with Crippen LogP contribution < -0.4 is 0 Å². The molecule has 0 aliphatic carbocycles. The molecule has 0 amide bonds. The van der Waals surface area contributed by atoms with Crippen LogP contribution in [0.15, 0.2) is 49.4 Å². The molecule has 7 heteroatoms. The second-order valence-electron chi connectivity index (χ2n) is 6.88. The molecular formula is C20H20N6O. The van der Waals surface area contributed by atoms with E-state index in [2.05, 4.69) is 20.1 Å². The molecule has 0 N–H and O–H groups in total. The molecule has 0 unspecified atom stereocenters. The van der Waals surface area contributed by atoms with Crippen molar-refractivity contribution in [2.45, 2.75) is 26.3 Å². The van der Waals surface area contributed by atoms with Crippen molar-refractivity contribution < 1.29 is 4.79 Å². The number of nitrogens with zero attached hydrogens (tertiary/aromatic N) is 6. The molecule has 27 heavy (non-hydrogen) atoms. The van der Waals surface area contributed by atoms with E-state index in [4.69, 9.17) is 0 Å². The Morgan fingerprint density at radius 1 is 1.07 bits per heavy atom. The molecule has 7 nitrogen and oxygen atoms in total. The monoisotopic (exact) mass is 360 g/mol. The SMILES string of the molecule is CC(C)n1cc(C(=O)Cc2cc3cc(-c4cncn4C)ncc3cn2)cn1. The van der Waals surface area contributed by atoms with Crippen LogP contribution in [-0.2, 0) is 13.5 Å². The number of rotatable bonds is 5. The zero-order valence-electron chi connectivity index (χ0n) is 15.5. The highest BCUT2D eigenvalue weighted by atomic mass is 16.1. The van der Waals surface area contributed by atoms with E-state index < -0.39 is 0 Å². The third-order valence-corrected chi connectivity index (χ3v) is 4.53. The number of fused-ring (bicyclic) bond motifs is 1. The first-order valence-corrected chi connectivity index (χ1v) is 8.80. The topological polar surface area (TPSA) is 78.5 Å². The Balaban J connectivity index is 1.62. The van der Waals surface area contributed by atoms with Crippen molar-refractivity contribution in [1.82, 2.24) is 29.3 Å². The van der Waals surface area contributed by atoms with E-state index in [-0.39, 0.29) is 18.2 Å². The van der Waals surface area contributed by atoms with Gasteiger partial charge in [-0.25, -0.2) is 4.98 Å². The lowest BCUT2D eigenvalue weighted by atomic mass is 10.1. The lowest BCUT2D eigenvalue weighted by molar-refractivity contribution is 0.0992. The van der Waals surface area contributed by atoms with Crippen molar-refractivity contribution in [3.05, 3.63) is 60.7 Å². The van der Waals surface area contributed by atoms with Crippen LogP contribution in [0.3, 0.4) is 0 Å². The van der Waals surface area contributed by atoms with Gasteiger partial charge in [0, 0.05) is 42.8 Å². The number of carbonyl (C=O) groups is 1. The van der Waals surface area contributed by atoms with E-state index in [0.29, 0.717) is 5.56 Å². The molecule has 0 aliphatic rings. The smallest absolute Gasteiger partial charge is 0.171 e. The highest BCUT2D eigenvalue weighted by Gasteiger charge is 2.13. The summed E-state index contributed by atoms with van der Waals surface area (Å²) >= 11 is 0. The fraction of sp³-hybridized carbons (Fsp3) is 0.250. The summed E-state index contributed by atoms with van der Waals surface area (Å²) in [5.74, 6) is 0.00895. The maximum absolute atomic E-state index is 12.6. The number of carbonyl (C=O) groups excluding carboxylic acids is 1. The third kappa shape index (κ3) is 3.36. The molecule has 4 rings (SSSR count). The van der Waals surface area contributed by atoms with Crippen molar-refractivity contribution in [1.29, 1.82) is 0 Å². The van der Waals surface area contributed by atoms with Gasteiger partial charge < -0.3 is 4.57 Å². The zero-order valence-corrected chi connectivity index (χ0v) is 15.5. The van der Waals surface area contributed by atoms with E-state index in [1.807, 2.05) is 37.6 Å². The van der Waals surface area contributed by atoms with Gasteiger partial charge in [0.2, 0.25) is 0 Å². The zero-order chi connectivity index (χ0) is 19.0. The van der Waals surface area contributed by atoms with Gasteiger partial charge in [-0.3, -0.25) is 19.4 Å². The summed E-state index contributed by atoms with van der Waals surface area (Å²) in [6, 6.07) is 4.17. The Labute approximate surface area is 156 Å². The van der Waals surface area contributed by atoms with Crippen LogP contribution in [0.2, 0.25) is 0 Å². The standard InChI is InChI=1S/C20H20N6O/c1-13(2)26-11-16(9-24-26)20(27)6-17-4-14-5-18(19-10-21-12-25(19)3)23-8-15(14)7-22-17/h4-5,7-13H,6H2,1-3H3. The van der Waals surface area contributed by atoms with E-state index in [1.54, 1.807) is 42.0 Å². The number of hydrogen-bond donors (Lipinski definition) is 0. The van der Waals surface area contributed by atoms with Gasteiger partial charge in [0.15, 0.2) is 5.78 Å². The average Bonchev–Trinajstić information content (AvgIpc) is 3.30. The van der Waals surface area contributed by atoms with E-state index in [1.165, 1.54) is 0 Å². The molecular weight excluding hydrogens is 340 g/mol. The molecule has 0 aromatic carbocycles. The van der Waals surface area contributed by atoms with Crippen LogP contribution in [0, 0.1) is 0 Å². The minimum atomic E-state index is 0.00895. The van der Waals surface area contributed by atoms with Gasteiger partial charge in [0.05, 0.1) is 42.1 Å². The van der Waals surface area contributed by atoms with E-state index in [0.717, 1.165) is 27.9 Å². The second kappa shape index (κ2) is 6.75. The highest BCUT2D eigenvalue weighted by Crippen LogP contribution is 2.22. The molecule has 0 saturated heterocycles. The van der Waals surface area contributed by atoms with Crippen molar-refractivity contribution in [2.24, 2.45) is 7.05 Å². The average molecular weight is 360 g/mol. The first kappa shape index (κ1) is 17.1. The normalized spacial score (nSPS) is 11.4. The Bertz CT molecular complexity index is 1120. The largest absolute Gasteiger partial charge is 0.332 e. The number of hydrogen-bond acceptors (Lipinski definition) is 5. The Morgan fingerprint density at radius 2 is 1.89 bits per heavy atom. The Kier molecular flexibility index (Phi) is 4.27. The third-order valence-electron chi connectivity index (χ3n) is 4.53. The number of pyridine rings is 2. The van der Waals surface area contributed by atoms with Gasteiger partial charge in [-0.2, -0.15) is 5.10 Å². The van der Waals surface area contributed by atoms with Crippen molar-refractivity contribution in [3.8, 4) is 11.4 Å². The maximum atomic E-state index is 12.6. The molecule has 0 bridgehead atoms. The van der Waals surface area contributed by atoms with Crippen molar-refractivity contribution in [2.75, 3.05) is 0 Å². The minimum Gasteiger partial charge on any atom is -0.332 e.